The Morgan fingerprint density at radius 2 is 2.00 bits per heavy atom. The van der Waals surface area contributed by atoms with Crippen LogP contribution in [0.25, 0.3) is 10.9 Å². The molecule has 3 nitrogen and oxygen atoms in total. The van der Waals surface area contributed by atoms with Gasteiger partial charge in [0.05, 0.1) is 19.2 Å². The molecule has 0 radical (unpaired) electrons. The van der Waals surface area contributed by atoms with Crippen molar-refractivity contribution in [2.75, 3.05) is 7.11 Å². The minimum Gasteiger partial charge on any atom is -0.481 e. The Morgan fingerprint density at radius 1 is 1.31 bits per heavy atom. The number of hydrogen-bond acceptors (Lipinski definition) is 3. The number of hydrogen-bond donors (Lipinski definition) is 1. The molecule has 16 heavy (non-hydrogen) atoms. The summed E-state index contributed by atoms with van der Waals surface area (Å²) in [6.07, 6.45) is 0. The molecule has 0 fully saturated rings. The van der Waals surface area contributed by atoms with Gasteiger partial charge in [0, 0.05) is 10.9 Å². The van der Waals surface area contributed by atoms with Crippen LogP contribution in [0.4, 0.5) is 0 Å². The zero-order valence-electron chi connectivity index (χ0n) is 8.90. The second kappa shape index (κ2) is 6.91. The van der Waals surface area contributed by atoms with Crippen LogP contribution in [0.5, 0.6) is 5.88 Å². The molecule has 1 aromatic heterocycles. The van der Waals surface area contributed by atoms with Crippen LogP contribution in [0.15, 0.2) is 30.3 Å². The number of methoxy groups -OCH3 is 1. The van der Waals surface area contributed by atoms with E-state index < -0.39 is 0 Å². The number of pyridine rings is 1. The van der Waals surface area contributed by atoms with Crippen molar-refractivity contribution >= 4 is 19.3 Å². The molecular formula is C11H15BNNaO2. The Bertz CT molecular complexity index is 422. The van der Waals surface area contributed by atoms with Crippen molar-refractivity contribution < 1.29 is 39.4 Å². The average Bonchev–Trinajstić information content (AvgIpc) is 2.27. The Morgan fingerprint density at radius 3 is 2.62 bits per heavy atom. The summed E-state index contributed by atoms with van der Waals surface area (Å²) in [5, 5.41) is 10.1. The van der Waals surface area contributed by atoms with E-state index in [9.17, 15) is 0 Å². The first-order valence-electron chi connectivity index (χ1n) is 4.38. The first-order chi connectivity index (χ1) is 6.85. The van der Waals surface area contributed by atoms with Crippen molar-refractivity contribution in [2.45, 2.75) is 6.61 Å². The first kappa shape index (κ1) is 15.5. The molecule has 0 aliphatic carbocycles. The summed E-state index contributed by atoms with van der Waals surface area (Å²) in [5.41, 5.74) is 1.59. The first-order valence-corrected chi connectivity index (χ1v) is 4.38. The third kappa shape index (κ3) is 2.98. The fraction of sp³-hybridized carbons (Fsp3) is 0.182. The van der Waals surface area contributed by atoms with Gasteiger partial charge in [-0.05, 0) is 12.1 Å². The summed E-state index contributed by atoms with van der Waals surface area (Å²) in [6.45, 7) is -0.0546. The molecule has 2 aromatic rings. The van der Waals surface area contributed by atoms with E-state index >= 15 is 0 Å². The molecule has 0 spiro atoms. The summed E-state index contributed by atoms with van der Waals surface area (Å²) < 4.78 is 5.07. The zero-order valence-corrected chi connectivity index (χ0v) is 10.9. The maximum absolute atomic E-state index is 9.09. The van der Waals surface area contributed by atoms with Crippen LogP contribution in [-0.4, -0.2) is 25.6 Å². The SMILES string of the molecule is COc1nc2ccccc2cc1CO.[BH4-].[Na+]. The second-order valence-corrected chi connectivity index (χ2v) is 3.01. The van der Waals surface area contributed by atoms with Crippen molar-refractivity contribution in [1.29, 1.82) is 0 Å². The van der Waals surface area contributed by atoms with Crippen molar-refractivity contribution in [3.8, 4) is 5.88 Å². The van der Waals surface area contributed by atoms with Gasteiger partial charge in [-0.1, -0.05) is 26.6 Å². The van der Waals surface area contributed by atoms with Crippen molar-refractivity contribution in [3.63, 3.8) is 0 Å². The van der Waals surface area contributed by atoms with E-state index in [1.807, 2.05) is 30.3 Å². The number of rotatable bonds is 2. The molecule has 0 saturated carbocycles. The molecule has 0 unspecified atom stereocenters. The van der Waals surface area contributed by atoms with E-state index in [4.69, 9.17) is 9.84 Å². The fourth-order valence-corrected chi connectivity index (χ4v) is 1.43. The van der Waals surface area contributed by atoms with Crippen LogP contribution >= 0.6 is 0 Å². The van der Waals surface area contributed by atoms with Crippen LogP contribution in [0.1, 0.15) is 5.56 Å². The third-order valence-electron chi connectivity index (χ3n) is 2.13. The van der Waals surface area contributed by atoms with Crippen molar-refractivity contribution in [1.82, 2.24) is 4.98 Å². The van der Waals surface area contributed by atoms with Gasteiger partial charge in [0.25, 0.3) is 0 Å². The van der Waals surface area contributed by atoms with Crippen LogP contribution in [0.3, 0.4) is 0 Å². The number of aliphatic hydroxyl groups excluding tert-OH is 1. The number of nitrogens with zero attached hydrogens (tertiary/aromatic N) is 1. The van der Waals surface area contributed by atoms with E-state index in [0.717, 1.165) is 10.9 Å². The van der Waals surface area contributed by atoms with E-state index in [2.05, 4.69) is 4.98 Å². The number of ether oxygens (including phenoxy) is 1. The number of para-hydroxylation sites is 1. The predicted molar refractivity (Wildman–Crippen MR) is 65.6 cm³/mol. The number of fused-ring (bicyclic) bond motifs is 1. The van der Waals surface area contributed by atoms with Gasteiger partial charge in [0.1, 0.15) is 0 Å². The fourth-order valence-electron chi connectivity index (χ4n) is 1.43. The van der Waals surface area contributed by atoms with Crippen LogP contribution < -0.4 is 34.3 Å². The molecule has 0 aliphatic heterocycles. The molecule has 1 heterocycles. The third-order valence-corrected chi connectivity index (χ3v) is 2.13. The summed E-state index contributed by atoms with van der Waals surface area (Å²) in [5.74, 6) is 0.492. The topological polar surface area (TPSA) is 42.4 Å². The second-order valence-electron chi connectivity index (χ2n) is 3.01. The van der Waals surface area contributed by atoms with Gasteiger partial charge < -0.3 is 9.84 Å². The van der Waals surface area contributed by atoms with Gasteiger partial charge in [0.15, 0.2) is 0 Å². The van der Waals surface area contributed by atoms with E-state index in [1.165, 1.54) is 0 Å². The molecule has 2 rings (SSSR count). The molecule has 0 bridgehead atoms. The van der Waals surface area contributed by atoms with Crippen molar-refractivity contribution in [2.24, 2.45) is 0 Å². The van der Waals surface area contributed by atoms with E-state index in [-0.39, 0.29) is 44.6 Å². The number of aliphatic hydroxyl groups is 1. The average molecular weight is 227 g/mol. The summed E-state index contributed by atoms with van der Waals surface area (Å²) in [4.78, 5) is 4.28. The van der Waals surface area contributed by atoms with Gasteiger partial charge in [0.2, 0.25) is 5.88 Å². The molecule has 0 aliphatic rings. The Balaban J connectivity index is 0.00000112. The molecule has 1 aromatic carbocycles. The molecule has 0 amide bonds. The minimum absolute atomic E-state index is 0. The minimum atomic E-state index is -0.0546. The van der Waals surface area contributed by atoms with Crippen LogP contribution in [0.2, 0.25) is 0 Å². The summed E-state index contributed by atoms with van der Waals surface area (Å²) in [7, 11) is 1.55. The molecule has 0 atom stereocenters. The normalized spacial score (nSPS) is 9.12. The van der Waals surface area contributed by atoms with Gasteiger partial charge >= 0.3 is 29.6 Å². The summed E-state index contributed by atoms with van der Waals surface area (Å²) in [6, 6.07) is 9.63. The monoisotopic (exact) mass is 227 g/mol. The van der Waals surface area contributed by atoms with Gasteiger partial charge in [-0.15, -0.1) is 0 Å². The van der Waals surface area contributed by atoms with Crippen molar-refractivity contribution in [3.05, 3.63) is 35.9 Å². The smallest absolute Gasteiger partial charge is 0.481 e. The van der Waals surface area contributed by atoms with E-state index in [1.54, 1.807) is 7.11 Å². The molecular weight excluding hydrogens is 212 g/mol. The predicted octanol–water partition coefficient (Wildman–Crippen LogP) is -2.71. The Hall–Kier alpha value is -0.545. The van der Waals surface area contributed by atoms with Crippen LogP contribution in [-0.2, 0) is 6.61 Å². The molecule has 5 heteroatoms. The van der Waals surface area contributed by atoms with Gasteiger partial charge in [-0.2, -0.15) is 0 Å². The molecule has 1 N–H and O–H groups in total. The Labute approximate surface area is 119 Å². The number of benzene rings is 1. The van der Waals surface area contributed by atoms with Gasteiger partial charge in [-0.3, -0.25) is 0 Å². The zero-order chi connectivity index (χ0) is 9.97. The van der Waals surface area contributed by atoms with Crippen LogP contribution in [0, 0.1) is 0 Å². The van der Waals surface area contributed by atoms with E-state index in [0.29, 0.717) is 11.4 Å². The molecule has 80 valence electrons. The number of aromatic nitrogens is 1. The van der Waals surface area contributed by atoms with Gasteiger partial charge in [-0.25, -0.2) is 4.98 Å². The molecule has 0 saturated heterocycles. The summed E-state index contributed by atoms with van der Waals surface area (Å²) >= 11 is 0. The quantitative estimate of drug-likeness (QED) is 0.567. The Kier molecular flexibility index (Phi) is 6.68. The largest absolute Gasteiger partial charge is 1.00 e. The standard InChI is InChI=1S/C11H11NO2.BH4.Na/c1-14-11-9(7-13)6-8-4-2-3-5-10(8)12-11;;/h2-6,13H,7H2,1H3;1H4;/q;-1;+1. The maximum atomic E-state index is 9.09. The maximum Gasteiger partial charge on any atom is 1.00 e.